The molecule has 2 amide bonds. The van der Waals surface area contributed by atoms with Crippen LogP contribution >= 0.6 is 0 Å². The van der Waals surface area contributed by atoms with Gasteiger partial charge < -0.3 is 15.1 Å². The Hall–Kier alpha value is -1.78. The zero-order valence-corrected chi connectivity index (χ0v) is 16.7. The SMILES string of the molecule is CC(C)[C@H](NC(=O)c1ccco1)C(=O)N[C@@H](C)C12CC3CC(CC(C3)C1)C2. The minimum absolute atomic E-state index is 0.00692. The molecule has 4 aliphatic carbocycles. The first-order chi connectivity index (χ1) is 12.9. The molecule has 27 heavy (non-hydrogen) atoms. The highest BCUT2D eigenvalue weighted by molar-refractivity contribution is 5.95. The van der Waals surface area contributed by atoms with Crippen LogP contribution in [-0.2, 0) is 4.79 Å². The molecule has 5 heteroatoms. The predicted molar refractivity (Wildman–Crippen MR) is 103 cm³/mol. The van der Waals surface area contributed by atoms with Gasteiger partial charge in [0.15, 0.2) is 5.76 Å². The minimum atomic E-state index is -0.557. The summed E-state index contributed by atoms with van der Waals surface area (Å²) < 4.78 is 5.16. The Morgan fingerprint density at radius 2 is 1.63 bits per heavy atom. The molecule has 4 aliphatic rings. The maximum Gasteiger partial charge on any atom is 0.287 e. The molecule has 0 saturated heterocycles. The summed E-state index contributed by atoms with van der Waals surface area (Å²) in [5, 5.41) is 6.14. The molecule has 0 unspecified atom stereocenters. The van der Waals surface area contributed by atoms with Crippen LogP contribution in [0.15, 0.2) is 22.8 Å². The second-order valence-corrected chi connectivity index (χ2v) is 9.68. The van der Waals surface area contributed by atoms with Gasteiger partial charge in [-0.25, -0.2) is 0 Å². The van der Waals surface area contributed by atoms with E-state index >= 15 is 0 Å². The maximum atomic E-state index is 13.0. The lowest BCUT2D eigenvalue weighted by molar-refractivity contribution is -0.128. The molecule has 4 fully saturated rings. The molecule has 1 aromatic rings. The van der Waals surface area contributed by atoms with Crippen LogP contribution in [0.5, 0.6) is 0 Å². The van der Waals surface area contributed by atoms with E-state index in [-0.39, 0.29) is 34.9 Å². The third-order valence-electron chi connectivity index (χ3n) is 7.34. The Morgan fingerprint density at radius 1 is 1.04 bits per heavy atom. The van der Waals surface area contributed by atoms with Gasteiger partial charge in [-0.3, -0.25) is 9.59 Å². The molecule has 5 rings (SSSR count). The molecule has 2 N–H and O–H groups in total. The van der Waals surface area contributed by atoms with Crippen molar-refractivity contribution in [3.8, 4) is 0 Å². The Bertz CT molecular complexity index is 659. The summed E-state index contributed by atoms with van der Waals surface area (Å²) in [6, 6.07) is 2.89. The van der Waals surface area contributed by atoms with Gasteiger partial charge in [0, 0.05) is 6.04 Å². The lowest BCUT2D eigenvalue weighted by Gasteiger charge is -2.59. The van der Waals surface area contributed by atoms with Gasteiger partial charge in [0.25, 0.3) is 5.91 Å². The fourth-order valence-electron chi connectivity index (χ4n) is 6.32. The van der Waals surface area contributed by atoms with E-state index in [1.54, 1.807) is 12.1 Å². The van der Waals surface area contributed by atoms with Crippen LogP contribution in [0.3, 0.4) is 0 Å². The van der Waals surface area contributed by atoms with Gasteiger partial charge in [0.05, 0.1) is 6.26 Å². The molecule has 2 atom stereocenters. The Balaban J connectivity index is 1.42. The van der Waals surface area contributed by atoms with Crippen molar-refractivity contribution >= 4 is 11.8 Å². The smallest absolute Gasteiger partial charge is 0.287 e. The molecule has 5 nitrogen and oxygen atoms in total. The van der Waals surface area contributed by atoms with E-state index in [0.29, 0.717) is 0 Å². The molecular weight excluding hydrogens is 340 g/mol. The van der Waals surface area contributed by atoms with E-state index < -0.39 is 6.04 Å². The lowest BCUT2D eigenvalue weighted by Crippen LogP contribution is -2.59. The Kier molecular flexibility index (Phi) is 4.81. The van der Waals surface area contributed by atoms with Crippen molar-refractivity contribution < 1.29 is 14.0 Å². The van der Waals surface area contributed by atoms with E-state index in [2.05, 4.69) is 17.6 Å². The van der Waals surface area contributed by atoms with Crippen molar-refractivity contribution in [1.29, 1.82) is 0 Å². The molecule has 4 saturated carbocycles. The van der Waals surface area contributed by atoms with Crippen molar-refractivity contribution in [1.82, 2.24) is 10.6 Å². The zero-order chi connectivity index (χ0) is 19.2. The number of carbonyl (C=O) groups excluding carboxylic acids is 2. The van der Waals surface area contributed by atoms with E-state index in [1.807, 2.05) is 13.8 Å². The highest BCUT2D eigenvalue weighted by Crippen LogP contribution is 2.61. The van der Waals surface area contributed by atoms with Gasteiger partial charge in [-0.05, 0) is 86.7 Å². The summed E-state index contributed by atoms with van der Waals surface area (Å²) in [4.78, 5) is 25.4. The summed E-state index contributed by atoms with van der Waals surface area (Å²) in [6.07, 6.45) is 9.42. The first-order valence-electron chi connectivity index (χ1n) is 10.5. The number of nitrogens with one attached hydrogen (secondary N) is 2. The second-order valence-electron chi connectivity index (χ2n) is 9.68. The zero-order valence-electron chi connectivity index (χ0n) is 16.7. The summed E-state index contributed by atoms with van der Waals surface area (Å²) in [6.45, 7) is 6.10. The van der Waals surface area contributed by atoms with Crippen LogP contribution in [-0.4, -0.2) is 23.9 Å². The maximum absolute atomic E-state index is 13.0. The minimum Gasteiger partial charge on any atom is -0.459 e. The average molecular weight is 373 g/mol. The molecule has 4 bridgehead atoms. The number of furan rings is 1. The number of carbonyl (C=O) groups is 2. The third kappa shape index (κ3) is 3.53. The molecule has 0 aromatic carbocycles. The molecule has 0 aliphatic heterocycles. The summed E-state index contributed by atoms with van der Waals surface area (Å²) >= 11 is 0. The van der Waals surface area contributed by atoms with Gasteiger partial charge in [0.1, 0.15) is 6.04 Å². The molecule has 148 valence electrons. The summed E-state index contributed by atoms with van der Waals surface area (Å²) in [5.74, 6) is 2.40. The van der Waals surface area contributed by atoms with Crippen LogP contribution < -0.4 is 10.6 Å². The van der Waals surface area contributed by atoms with Crippen LogP contribution in [0.2, 0.25) is 0 Å². The normalized spacial score (nSPS) is 33.7. The number of hydrogen-bond acceptors (Lipinski definition) is 3. The topological polar surface area (TPSA) is 71.3 Å². The van der Waals surface area contributed by atoms with Gasteiger partial charge in [0.2, 0.25) is 5.91 Å². The second kappa shape index (κ2) is 6.99. The number of amides is 2. The van der Waals surface area contributed by atoms with Gasteiger partial charge in [-0.2, -0.15) is 0 Å². The van der Waals surface area contributed by atoms with Crippen LogP contribution in [0.25, 0.3) is 0 Å². The fourth-order valence-corrected chi connectivity index (χ4v) is 6.32. The van der Waals surface area contributed by atoms with Crippen LogP contribution in [0, 0.1) is 29.1 Å². The third-order valence-corrected chi connectivity index (χ3v) is 7.34. The van der Waals surface area contributed by atoms with Crippen molar-refractivity contribution in [2.45, 2.75) is 71.4 Å². The van der Waals surface area contributed by atoms with Crippen LogP contribution in [0.1, 0.15) is 69.9 Å². The van der Waals surface area contributed by atoms with Crippen molar-refractivity contribution in [2.24, 2.45) is 29.1 Å². The average Bonchev–Trinajstić information content (AvgIpc) is 3.12. The Morgan fingerprint density at radius 3 is 2.11 bits per heavy atom. The molecular formula is C22H32N2O3. The summed E-state index contributed by atoms with van der Waals surface area (Å²) in [5.41, 5.74) is 0.261. The van der Waals surface area contributed by atoms with E-state index in [1.165, 1.54) is 44.8 Å². The summed E-state index contributed by atoms with van der Waals surface area (Å²) in [7, 11) is 0. The lowest BCUT2D eigenvalue weighted by atomic mass is 9.48. The van der Waals surface area contributed by atoms with Crippen LogP contribution in [0.4, 0.5) is 0 Å². The van der Waals surface area contributed by atoms with Gasteiger partial charge in [-0.1, -0.05) is 13.8 Å². The largest absolute Gasteiger partial charge is 0.459 e. The molecule has 0 radical (unpaired) electrons. The van der Waals surface area contributed by atoms with E-state index in [0.717, 1.165) is 17.8 Å². The fraction of sp³-hybridized carbons (Fsp3) is 0.727. The molecule has 0 spiro atoms. The number of rotatable bonds is 6. The monoisotopic (exact) mass is 372 g/mol. The highest BCUT2D eigenvalue weighted by Gasteiger charge is 2.53. The standard InChI is InChI=1S/C22H32N2O3/c1-13(2)19(24-20(25)18-5-4-6-27-18)21(26)23-14(3)22-10-15-7-16(11-22)9-17(8-15)12-22/h4-6,13-17,19H,7-12H2,1-3H3,(H,23,26)(H,24,25)/t14-,15?,16?,17?,19-,22?/m0/s1. The van der Waals surface area contributed by atoms with Gasteiger partial charge in [-0.15, -0.1) is 0 Å². The predicted octanol–water partition coefficient (Wildman–Crippen LogP) is 3.76. The van der Waals surface area contributed by atoms with Gasteiger partial charge >= 0.3 is 0 Å². The molecule has 1 aromatic heterocycles. The molecule has 1 heterocycles. The van der Waals surface area contributed by atoms with E-state index in [9.17, 15) is 9.59 Å². The first-order valence-corrected chi connectivity index (χ1v) is 10.5. The first kappa shape index (κ1) is 18.6. The quantitative estimate of drug-likeness (QED) is 0.799. The number of hydrogen-bond donors (Lipinski definition) is 2. The van der Waals surface area contributed by atoms with Crippen molar-refractivity contribution in [2.75, 3.05) is 0 Å². The van der Waals surface area contributed by atoms with Crippen molar-refractivity contribution in [3.63, 3.8) is 0 Å². The Labute approximate surface area is 161 Å². The highest BCUT2D eigenvalue weighted by atomic mass is 16.3. The van der Waals surface area contributed by atoms with Crippen molar-refractivity contribution in [3.05, 3.63) is 24.2 Å². The van der Waals surface area contributed by atoms with E-state index in [4.69, 9.17) is 4.42 Å².